The molecular weight excluding hydrogens is 365 g/mol. The van der Waals surface area contributed by atoms with E-state index in [4.69, 9.17) is 9.05 Å². The molecule has 1 rings (SSSR count). The van der Waals surface area contributed by atoms with Crippen LogP contribution in [0.25, 0.3) is 0 Å². The minimum atomic E-state index is -3.88. The van der Waals surface area contributed by atoms with E-state index in [-0.39, 0.29) is 17.2 Å². The van der Waals surface area contributed by atoms with Crippen molar-refractivity contribution < 1.29 is 26.8 Å². The van der Waals surface area contributed by atoms with Crippen LogP contribution in [0.4, 0.5) is 0 Å². The van der Waals surface area contributed by atoms with E-state index in [2.05, 4.69) is 4.72 Å². The van der Waals surface area contributed by atoms with Crippen molar-refractivity contribution in [2.24, 2.45) is 5.92 Å². The number of sulfonamides is 1. The molecule has 0 fully saturated rings. The Morgan fingerprint density at radius 1 is 1.16 bits per heavy atom. The van der Waals surface area contributed by atoms with Gasteiger partial charge in [-0.3, -0.25) is 9.36 Å². The molecule has 0 aromatic heterocycles. The van der Waals surface area contributed by atoms with Gasteiger partial charge in [-0.2, -0.15) is 0 Å². The zero-order valence-electron chi connectivity index (χ0n) is 15.2. The van der Waals surface area contributed by atoms with E-state index >= 15 is 0 Å². The van der Waals surface area contributed by atoms with E-state index in [1.807, 2.05) is 20.8 Å². The first-order valence-corrected chi connectivity index (χ1v) is 11.1. The van der Waals surface area contributed by atoms with E-state index in [1.165, 1.54) is 26.4 Å². The Bertz CT molecular complexity index is 721. The predicted molar refractivity (Wildman–Crippen MR) is 96.2 cm³/mol. The summed E-state index contributed by atoms with van der Waals surface area (Å²) in [7, 11) is -5.07. The first-order valence-electron chi connectivity index (χ1n) is 7.85. The highest BCUT2D eigenvalue weighted by molar-refractivity contribution is 7.89. The Morgan fingerprint density at radius 3 is 2.12 bits per heavy atom. The van der Waals surface area contributed by atoms with Gasteiger partial charge < -0.3 is 9.05 Å². The SMILES string of the molecule is COP(=O)(CC(=O)C(CC(C)C)NS(=O)(=O)c1ccc(C)cc1)OC. The third-order valence-electron chi connectivity index (χ3n) is 3.63. The van der Waals surface area contributed by atoms with Crippen LogP contribution in [0.3, 0.4) is 0 Å². The van der Waals surface area contributed by atoms with E-state index in [9.17, 15) is 17.8 Å². The Hall–Kier alpha value is -1.05. The highest BCUT2D eigenvalue weighted by atomic mass is 32.2. The molecule has 1 aromatic carbocycles. The summed E-state index contributed by atoms with van der Waals surface area (Å²) in [6.07, 6.45) is -0.217. The van der Waals surface area contributed by atoms with Gasteiger partial charge in [0.25, 0.3) is 0 Å². The maximum atomic E-state index is 12.5. The average Bonchev–Trinajstić information content (AvgIpc) is 2.53. The summed E-state index contributed by atoms with van der Waals surface area (Å²) in [5.41, 5.74) is 0.926. The molecule has 0 amide bonds. The fourth-order valence-electron chi connectivity index (χ4n) is 2.19. The predicted octanol–water partition coefficient (Wildman–Crippen LogP) is 2.74. The minimum Gasteiger partial charge on any atom is -0.312 e. The number of ketones is 1. The summed E-state index contributed by atoms with van der Waals surface area (Å²) in [6, 6.07) is 5.30. The number of Topliss-reactive ketones (excluding diaryl/α,β-unsaturated/α-hetero) is 1. The lowest BCUT2D eigenvalue weighted by Crippen LogP contribution is -2.43. The third-order valence-corrected chi connectivity index (χ3v) is 6.93. The van der Waals surface area contributed by atoms with Crippen LogP contribution in [-0.4, -0.2) is 40.6 Å². The summed E-state index contributed by atoms with van der Waals surface area (Å²) in [4.78, 5) is 12.6. The van der Waals surface area contributed by atoms with Crippen molar-refractivity contribution in [1.29, 1.82) is 0 Å². The molecule has 0 saturated carbocycles. The molecule has 0 heterocycles. The molecule has 0 bridgehead atoms. The normalized spacial score (nSPS) is 13.8. The zero-order valence-corrected chi connectivity index (χ0v) is 16.9. The second-order valence-corrected chi connectivity index (χ2v) is 10.2. The standard InChI is InChI=1S/C16H26NO6PS/c1-12(2)10-15(16(18)11-24(19,22-4)23-5)17-25(20,21)14-8-6-13(3)7-9-14/h6-9,12,15,17H,10-11H2,1-5H3. The highest BCUT2D eigenvalue weighted by Gasteiger charge is 2.33. The largest absolute Gasteiger partial charge is 0.337 e. The summed E-state index contributed by atoms with van der Waals surface area (Å²) in [5.74, 6) is -0.476. The van der Waals surface area contributed by atoms with Crippen LogP contribution in [0.2, 0.25) is 0 Å². The summed E-state index contributed by atoms with van der Waals surface area (Å²) in [5, 5.41) is 0. The lowest BCUT2D eigenvalue weighted by molar-refractivity contribution is -0.118. The monoisotopic (exact) mass is 391 g/mol. The topological polar surface area (TPSA) is 98.8 Å². The highest BCUT2D eigenvalue weighted by Crippen LogP contribution is 2.46. The Morgan fingerprint density at radius 2 is 1.68 bits per heavy atom. The van der Waals surface area contributed by atoms with Crippen molar-refractivity contribution >= 4 is 23.4 Å². The second kappa shape index (κ2) is 9.05. The molecule has 0 radical (unpaired) electrons. The van der Waals surface area contributed by atoms with Crippen molar-refractivity contribution in [3.63, 3.8) is 0 Å². The van der Waals surface area contributed by atoms with Gasteiger partial charge in [0.2, 0.25) is 10.0 Å². The lowest BCUT2D eigenvalue weighted by atomic mass is 10.0. The van der Waals surface area contributed by atoms with E-state index < -0.39 is 35.6 Å². The smallest absolute Gasteiger partial charge is 0.312 e. The number of benzene rings is 1. The van der Waals surface area contributed by atoms with Crippen LogP contribution < -0.4 is 4.72 Å². The molecule has 1 unspecified atom stereocenters. The van der Waals surface area contributed by atoms with E-state index in [0.717, 1.165) is 5.56 Å². The molecule has 0 saturated heterocycles. The number of hydrogen-bond acceptors (Lipinski definition) is 6. The van der Waals surface area contributed by atoms with Crippen molar-refractivity contribution in [2.75, 3.05) is 20.4 Å². The van der Waals surface area contributed by atoms with Crippen LogP contribution >= 0.6 is 7.60 Å². The molecule has 25 heavy (non-hydrogen) atoms. The van der Waals surface area contributed by atoms with Gasteiger partial charge in [0.05, 0.1) is 10.9 Å². The van der Waals surface area contributed by atoms with Crippen molar-refractivity contribution in [3.05, 3.63) is 29.8 Å². The van der Waals surface area contributed by atoms with Crippen LogP contribution in [0.15, 0.2) is 29.2 Å². The van der Waals surface area contributed by atoms with Gasteiger partial charge in [-0.05, 0) is 31.4 Å². The quantitative estimate of drug-likeness (QED) is 0.616. The van der Waals surface area contributed by atoms with Crippen LogP contribution in [0, 0.1) is 12.8 Å². The number of hydrogen-bond donors (Lipinski definition) is 1. The van der Waals surface area contributed by atoms with Gasteiger partial charge in [-0.1, -0.05) is 31.5 Å². The Labute approximate surface area is 149 Å². The van der Waals surface area contributed by atoms with E-state index in [0.29, 0.717) is 0 Å². The number of carbonyl (C=O) groups is 1. The molecule has 0 aliphatic heterocycles. The van der Waals surface area contributed by atoms with Gasteiger partial charge in [-0.25, -0.2) is 13.1 Å². The maximum Gasteiger partial charge on any atom is 0.337 e. The molecule has 1 N–H and O–H groups in total. The van der Waals surface area contributed by atoms with Crippen LogP contribution in [0.1, 0.15) is 25.8 Å². The second-order valence-electron chi connectivity index (χ2n) is 6.22. The van der Waals surface area contributed by atoms with Gasteiger partial charge in [0.1, 0.15) is 6.16 Å². The number of aryl methyl sites for hydroxylation is 1. The first-order chi connectivity index (χ1) is 11.5. The summed E-state index contributed by atoms with van der Waals surface area (Å²) >= 11 is 0. The fourth-order valence-corrected chi connectivity index (χ4v) is 4.44. The molecule has 0 aliphatic carbocycles. The first kappa shape index (κ1) is 22.0. The molecule has 9 heteroatoms. The van der Waals surface area contributed by atoms with Crippen LogP contribution in [0.5, 0.6) is 0 Å². The average molecular weight is 391 g/mol. The van der Waals surface area contributed by atoms with Crippen molar-refractivity contribution in [2.45, 2.75) is 38.1 Å². The molecule has 1 aromatic rings. The summed E-state index contributed by atoms with van der Waals surface area (Å²) < 4.78 is 49.3. The Balaban J connectivity index is 3.04. The van der Waals surface area contributed by atoms with Crippen LogP contribution in [-0.2, 0) is 28.4 Å². The van der Waals surface area contributed by atoms with Crippen molar-refractivity contribution in [3.8, 4) is 0 Å². The molecule has 0 aliphatic rings. The minimum absolute atomic E-state index is 0.0548. The molecular formula is C16H26NO6PS. The van der Waals surface area contributed by atoms with Gasteiger partial charge in [0.15, 0.2) is 5.78 Å². The molecule has 142 valence electrons. The fraction of sp³-hybridized carbons (Fsp3) is 0.562. The molecule has 1 atom stereocenters. The third kappa shape index (κ3) is 6.64. The summed E-state index contributed by atoms with van der Waals surface area (Å²) in [6.45, 7) is 5.58. The van der Waals surface area contributed by atoms with Crippen molar-refractivity contribution in [1.82, 2.24) is 4.72 Å². The van der Waals surface area contributed by atoms with Gasteiger partial charge in [0, 0.05) is 14.2 Å². The Kier molecular flexibility index (Phi) is 7.96. The number of rotatable bonds is 10. The van der Waals surface area contributed by atoms with Gasteiger partial charge >= 0.3 is 7.60 Å². The lowest BCUT2D eigenvalue weighted by Gasteiger charge is -2.21. The maximum absolute atomic E-state index is 12.5. The molecule has 0 spiro atoms. The number of carbonyl (C=O) groups excluding carboxylic acids is 1. The number of nitrogens with one attached hydrogen (secondary N) is 1. The molecule has 7 nitrogen and oxygen atoms in total. The van der Waals surface area contributed by atoms with E-state index in [1.54, 1.807) is 12.1 Å². The zero-order chi connectivity index (χ0) is 19.3. The van der Waals surface area contributed by atoms with Gasteiger partial charge in [-0.15, -0.1) is 0 Å².